The van der Waals surface area contributed by atoms with Gasteiger partial charge in [0.05, 0.1) is 0 Å². The molecule has 0 saturated carbocycles. The number of rotatable bonds is 35. The van der Waals surface area contributed by atoms with Crippen molar-refractivity contribution in [1.29, 1.82) is 0 Å². The Kier molecular flexibility index (Phi) is 31.5. The third-order valence-corrected chi connectivity index (χ3v) is 10.2. The van der Waals surface area contributed by atoms with Crippen LogP contribution in [0.15, 0.2) is 18.2 Å². The summed E-state index contributed by atoms with van der Waals surface area (Å²) in [5.74, 6) is 0. The molecule has 0 aliphatic carbocycles. The summed E-state index contributed by atoms with van der Waals surface area (Å²) < 4.78 is 0. The van der Waals surface area contributed by atoms with Crippen molar-refractivity contribution >= 4 is 0 Å². The lowest BCUT2D eigenvalue weighted by atomic mass is 9.96. The van der Waals surface area contributed by atoms with Crippen molar-refractivity contribution < 1.29 is 0 Å². The molecule has 1 aromatic rings. The van der Waals surface area contributed by atoms with Crippen molar-refractivity contribution in [2.45, 2.75) is 245 Å². The molecule has 0 N–H and O–H groups in total. The first-order valence-corrected chi connectivity index (χ1v) is 20.9. The highest BCUT2D eigenvalue weighted by atomic mass is 14.1. The summed E-state index contributed by atoms with van der Waals surface area (Å²) in [5.41, 5.74) is 4.79. The standard InChI is InChI=1S/C44H82/c1-4-7-9-11-13-15-17-19-21-23-25-27-29-31-33-35-37-43-39-42(6-3)40-44(41-43)38-36-34-32-30-28-26-24-22-20-18-16-14-12-10-8-5-2/h39-41H,4-38H2,1-3H3. The second-order valence-corrected chi connectivity index (χ2v) is 14.6. The maximum absolute atomic E-state index is 2.55. The van der Waals surface area contributed by atoms with Crippen LogP contribution in [0, 0.1) is 0 Å². The minimum atomic E-state index is 1.18. The van der Waals surface area contributed by atoms with Gasteiger partial charge in [-0.15, -0.1) is 0 Å². The van der Waals surface area contributed by atoms with Gasteiger partial charge in [-0.3, -0.25) is 0 Å². The molecule has 0 heteroatoms. The van der Waals surface area contributed by atoms with Crippen molar-refractivity contribution in [3.8, 4) is 0 Å². The first kappa shape index (κ1) is 41.2. The molecular formula is C44H82. The molecule has 1 aromatic carbocycles. The zero-order chi connectivity index (χ0) is 31.6. The predicted octanol–water partition coefficient (Wildman–Crippen LogP) is 15.9. The van der Waals surface area contributed by atoms with Crippen LogP contribution in [0.5, 0.6) is 0 Å². The SMILES string of the molecule is CCCCCCCCCCCCCCCCCCc1cc(CC)cc(CCCCCCCCCCCCCCCCCC)c1. The van der Waals surface area contributed by atoms with E-state index in [2.05, 4.69) is 39.0 Å². The largest absolute Gasteiger partial charge is 0.0654 e. The lowest BCUT2D eigenvalue weighted by molar-refractivity contribution is 0.529. The van der Waals surface area contributed by atoms with Gasteiger partial charge in [0, 0.05) is 0 Å². The summed E-state index contributed by atoms with van der Waals surface area (Å²) >= 11 is 0. The van der Waals surface area contributed by atoms with E-state index in [1.807, 2.05) is 0 Å². The van der Waals surface area contributed by atoms with E-state index in [0.29, 0.717) is 0 Å². The molecule has 0 unspecified atom stereocenters. The molecule has 0 atom stereocenters. The van der Waals surface area contributed by atoms with Gasteiger partial charge in [-0.25, -0.2) is 0 Å². The van der Waals surface area contributed by atoms with E-state index in [1.165, 1.54) is 225 Å². The van der Waals surface area contributed by atoms with Gasteiger partial charge in [-0.2, -0.15) is 0 Å². The molecule has 0 bridgehead atoms. The number of unbranched alkanes of at least 4 members (excludes halogenated alkanes) is 30. The Bertz CT molecular complexity index is 633. The van der Waals surface area contributed by atoms with Crippen molar-refractivity contribution in [2.75, 3.05) is 0 Å². The number of hydrogen-bond donors (Lipinski definition) is 0. The molecule has 0 heterocycles. The molecule has 0 spiro atoms. The van der Waals surface area contributed by atoms with Crippen LogP contribution in [-0.4, -0.2) is 0 Å². The Morgan fingerprint density at radius 2 is 0.455 bits per heavy atom. The van der Waals surface area contributed by atoms with Crippen LogP contribution < -0.4 is 0 Å². The minimum Gasteiger partial charge on any atom is -0.0654 e. The Morgan fingerprint density at radius 3 is 0.682 bits per heavy atom. The van der Waals surface area contributed by atoms with Gasteiger partial charge in [0.15, 0.2) is 0 Å². The highest BCUT2D eigenvalue weighted by molar-refractivity contribution is 5.30. The van der Waals surface area contributed by atoms with Crippen LogP contribution >= 0.6 is 0 Å². The van der Waals surface area contributed by atoms with Crippen LogP contribution in [0.25, 0.3) is 0 Å². The molecule has 0 fully saturated rings. The topological polar surface area (TPSA) is 0 Å². The Balaban J connectivity index is 1.97. The van der Waals surface area contributed by atoms with E-state index in [0.717, 1.165) is 0 Å². The number of hydrogen-bond acceptors (Lipinski definition) is 0. The lowest BCUT2D eigenvalue weighted by Gasteiger charge is -2.10. The maximum atomic E-state index is 2.55. The normalized spacial score (nSPS) is 11.5. The van der Waals surface area contributed by atoms with Crippen molar-refractivity contribution in [2.24, 2.45) is 0 Å². The molecule has 0 aliphatic heterocycles. The Morgan fingerprint density at radius 1 is 0.250 bits per heavy atom. The quantitative estimate of drug-likeness (QED) is 0.0671. The average Bonchev–Trinajstić information content (AvgIpc) is 3.04. The van der Waals surface area contributed by atoms with Crippen molar-refractivity contribution in [1.82, 2.24) is 0 Å². The Hall–Kier alpha value is -0.780. The Labute approximate surface area is 279 Å². The van der Waals surface area contributed by atoms with Crippen molar-refractivity contribution in [3.05, 3.63) is 34.9 Å². The van der Waals surface area contributed by atoms with Gasteiger partial charge in [-0.05, 0) is 48.8 Å². The summed E-state index contributed by atoms with van der Waals surface area (Å²) in [7, 11) is 0. The molecule has 0 saturated heterocycles. The number of benzene rings is 1. The van der Waals surface area contributed by atoms with E-state index in [9.17, 15) is 0 Å². The first-order valence-electron chi connectivity index (χ1n) is 20.9. The van der Waals surface area contributed by atoms with Gasteiger partial charge in [0.25, 0.3) is 0 Å². The smallest absolute Gasteiger partial charge is 0.0279 e. The molecule has 0 aliphatic rings. The second kappa shape index (κ2) is 33.6. The molecule has 0 aromatic heterocycles. The fourth-order valence-electron chi connectivity index (χ4n) is 7.09. The lowest BCUT2D eigenvalue weighted by Crippen LogP contribution is -1.95. The number of aryl methyl sites for hydroxylation is 3. The van der Waals surface area contributed by atoms with E-state index >= 15 is 0 Å². The fourth-order valence-corrected chi connectivity index (χ4v) is 7.09. The fraction of sp³-hybridized carbons (Fsp3) is 0.864. The van der Waals surface area contributed by atoms with Gasteiger partial charge < -0.3 is 0 Å². The van der Waals surface area contributed by atoms with E-state index in [4.69, 9.17) is 0 Å². The summed E-state index contributed by atoms with van der Waals surface area (Å²) in [4.78, 5) is 0. The van der Waals surface area contributed by atoms with Crippen LogP contribution in [-0.2, 0) is 19.3 Å². The molecule has 0 radical (unpaired) electrons. The van der Waals surface area contributed by atoms with Crippen LogP contribution in [0.1, 0.15) is 243 Å². The summed E-state index contributed by atoms with van der Waals surface area (Å²) in [5, 5.41) is 0. The zero-order valence-corrected chi connectivity index (χ0v) is 31.0. The first-order chi connectivity index (χ1) is 21.8. The average molecular weight is 611 g/mol. The molecular weight excluding hydrogens is 528 g/mol. The third kappa shape index (κ3) is 27.5. The highest BCUT2D eigenvalue weighted by Crippen LogP contribution is 2.19. The molecule has 0 nitrogen and oxygen atoms in total. The summed E-state index contributed by atoms with van der Waals surface area (Å²) in [6.07, 6.45) is 50.2. The van der Waals surface area contributed by atoms with Gasteiger partial charge in [-0.1, -0.05) is 232 Å². The van der Waals surface area contributed by atoms with Gasteiger partial charge in [0.1, 0.15) is 0 Å². The summed E-state index contributed by atoms with van der Waals surface area (Å²) in [6, 6.07) is 7.56. The predicted molar refractivity (Wildman–Crippen MR) is 202 cm³/mol. The van der Waals surface area contributed by atoms with Crippen LogP contribution in [0.4, 0.5) is 0 Å². The molecule has 1 rings (SSSR count). The van der Waals surface area contributed by atoms with Crippen molar-refractivity contribution in [3.63, 3.8) is 0 Å². The highest BCUT2D eigenvalue weighted by Gasteiger charge is 2.03. The van der Waals surface area contributed by atoms with Gasteiger partial charge >= 0.3 is 0 Å². The van der Waals surface area contributed by atoms with E-state index < -0.39 is 0 Å². The zero-order valence-electron chi connectivity index (χ0n) is 31.0. The summed E-state index contributed by atoms with van der Waals surface area (Å²) in [6.45, 7) is 6.94. The molecule has 0 amide bonds. The van der Waals surface area contributed by atoms with E-state index in [-0.39, 0.29) is 0 Å². The molecule has 44 heavy (non-hydrogen) atoms. The van der Waals surface area contributed by atoms with Gasteiger partial charge in [0.2, 0.25) is 0 Å². The van der Waals surface area contributed by atoms with Crippen LogP contribution in [0.3, 0.4) is 0 Å². The van der Waals surface area contributed by atoms with E-state index in [1.54, 1.807) is 16.7 Å². The maximum Gasteiger partial charge on any atom is -0.0279 e. The third-order valence-electron chi connectivity index (χ3n) is 10.2. The second-order valence-electron chi connectivity index (χ2n) is 14.6. The minimum absolute atomic E-state index is 1.18. The molecule has 258 valence electrons. The monoisotopic (exact) mass is 611 g/mol. The van der Waals surface area contributed by atoms with Crippen LogP contribution in [0.2, 0.25) is 0 Å².